The van der Waals surface area contributed by atoms with Gasteiger partial charge in [0, 0.05) is 11.6 Å². The molecule has 1 aromatic rings. The summed E-state index contributed by atoms with van der Waals surface area (Å²) in [7, 11) is 0. The number of aromatic hydroxyl groups is 1. The predicted molar refractivity (Wildman–Crippen MR) is 62.7 cm³/mol. The van der Waals surface area contributed by atoms with Gasteiger partial charge in [0.25, 0.3) is 0 Å². The molecule has 0 unspecified atom stereocenters. The highest BCUT2D eigenvalue weighted by Crippen LogP contribution is 2.49. The zero-order valence-corrected chi connectivity index (χ0v) is 9.84. The van der Waals surface area contributed by atoms with E-state index in [2.05, 4.69) is 0 Å². The highest BCUT2D eigenvalue weighted by atomic mass is 16.6. The van der Waals surface area contributed by atoms with Crippen molar-refractivity contribution in [2.75, 3.05) is 0 Å². The Morgan fingerprint density at radius 1 is 1.44 bits per heavy atom. The minimum absolute atomic E-state index is 0.160. The standard InChI is InChI=1S/C12H13NO5/c1-7-5-8(10(14)9(6-7)13(17)18)12(11(15)16)3-2-4-12/h5-6,14H,2-4H2,1H3,(H,15,16). The first kappa shape index (κ1) is 12.3. The molecule has 0 heterocycles. The number of nitro groups is 1. The van der Waals surface area contributed by atoms with Crippen LogP contribution in [0.3, 0.4) is 0 Å². The van der Waals surface area contributed by atoms with Crippen LogP contribution >= 0.6 is 0 Å². The number of rotatable bonds is 3. The fraction of sp³-hybridized carbons (Fsp3) is 0.417. The summed E-state index contributed by atoms with van der Waals surface area (Å²) in [5, 5.41) is 30.1. The molecule has 0 bridgehead atoms. The van der Waals surface area contributed by atoms with E-state index in [0.717, 1.165) is 6.42 Å². The summed E-state index contributed by atoms with van der Waals surface area (Å²) in [6, 6.07) is 2.77. The van der Waals surface area contributed by atoms with Crippen LogP contribution in [0, 0.1) is 17.0 Å². The molecule has 0 aromatic heterocycles. The minimum atomic E-state index is -1.17. The molecule has 1 aliphatic carbocycles. The van der Waals surface area contributed by atoms with Crippen molar-refractivity contribution in [3.05, 3.63) is 33.4 Å². The number of carbonyl (C=O) groups is 1. The monoisotopic (exact) mass is 251 g/mol. The van der Waals surface area contributed by atoms with Gasteiger partial charge in [0.15, 0.2) is 5.75 Å². The Labute approximate surface area is 103 Å². The van der Waals surface area contributed by atoms with Crippen molar-refractivity contribution in [3.8, 4) is 5.75 Å². The van der Waals surface area contributed by atoms with Crippen LogP contribution < -0.4 is 0 Å². The highest BCUT2D eigenvalue weighted by molar-refractivity contribution is 5.84. The average molecular weight is 251 g/mol. The van der Waals surface area contributed by atoms with Crippen LogP contribution in [0.25, 0.3) is 0 Å². The molecule has 1 aliphatic rings. The first-order valence-corrected chi connectivity index (χ1v) is 5.60. The van der Waals surface area contributed by atoms with Crippen molar-refractivity contribution in [2.45, 2.75) is 31.6 Å². The Hall–Kier alpha value is -2.11. The zero-order valence-electron chi connectivity index (χ0n) is 9.84. The Kier molecular flexibility index (Phi) is 2.73. The SMILES string of the molecule is Cc1cc([N+](=O)[O-])c(O)c(C2(C(=O)O)CCC2)c1. The molecule has 2 rings (SSSR count). The minimum Gasteiger partial charge on any atom is -0.502 e. The van der Waals surface area contributed by atoms with Crippen LogP contribution in [-0.2, 0) is 10.2 Å². The Balaban J connectivity index is 2.64. The van der Waals surface area contributed by atoms with Crippen molar-refractivity contribution in [2.24, 2.45) is 0 Å². The predicted octanol–water partition coefficient (Wildman–Crippen LogP) is 2.12. The fourth-order valence-corrected chi connectivity index (χ4v) is 2.39. The summed E-state index contributed by atoms with van der Waals surface area (Å²) < 4.78 is 0. The zero-order chi connectivity index (χ0) is 13.5. The molecule has 0 amide bonds. The Morgan fingerprint density at radius 2 is 2.06 bits per heavy atom. The van der Waals surface area contributed by atoms with Crippen molar-refractivity contribution in [1.29, 1.82) is 0 Å². The lowest BCUT2D eigenvalue weighted by atomic mass is 9.64. The van der Waals surface area contributed by atoms with E-state index in [-0.39, 0.29) is 5.56 Å². The van der Waals surface area contributed by atoms with E-state index in [0.29, 0.717) is 18.4 Å². The molecule has 2 N–H and O–H groups in total. The highest BCUT2D eigenvalue weighted by Gasteiger charge is 2.48. The van der Waals surface area contributed by atoms with Crippen LogP contribution in [0.15, 0.2) is 12.1 Å². The van der Waals surface area contributed by atoms with Gasteiger partial charge in [0.2, 0.25) is 0 Å². The van der Waals surface area contributed by atoms with Gasteiger partial charge in [0.1, 0.15) is 0 Å². The van der Waals surface area contributed by atoms with Crippen LogP contribution in [0.5, 0.6) is 5.75 Å². The summed E-state index contributed by atoms with van der Waals surface area (Å²) in [5.41, 5.74) is -0.867. The summed E-state index contributed by atoms with van der Waals surface area (Å²) >= 11 is 0. The molecule has 96 valence electrons. The number of phenols is 1. The lowest BCUT2D eigenvalue weighted by molar-refractivity contribution is -0.386. The summed E-state index contributed by atoms with van der Waals surface area (Å²) in [6.07, 6.45) is 1.54. The van der Waals surface area contributed by atoms with Gasteiger partial charge >= 0.3 is 11.7 Å². The number of carboxylic acid groups (broad SMARTS) is 1. The number of nitro benzene ring substituents is 1. The molecular formula is C12H13NO5. The van der Waals surface area contributed by atoms with E-state index < -0.39 is 27.7 Å². The molecule has 0 spiro atoms. The van der Waals surface area contributed by atoms with Crippen molar-refractivity contribution < 1.29 is 19.9 Å². The molecule has 1 saturated carbocycles. The molecule has 6 heteroatoms. The van der Waals surface area contributed by atoms with Gasteiger partial charge in [0.05, 0.1) is 10.3 Å². The lowest BCUT2D eigenvalue weighted by Crippen LogP contribution is -2.42. The summed E-state index contributed by atoms with van der Waals surface area (Å²) in [6.45, 7) is 1.64. The maximum atomic E-state index is 11.4. The Bertz CT molecular complexity index is 534. The van der Waals surface area contributed by atoms with E-state index in [1.807, 2.05) is 0 Å². The number of hydrogen-bond donors (Lipinski definition) is 2. The number of phenolic OH excluding ortho intramolecular Hbond substituents is 1. The summed E-state index contributed by atoms with van der Waals surface area (Å²) in [4.78, 5) is 21.5. The number of carboxylic acids is 1. The van der Waals surface area contributed by atoms with Gasteiger partial charge in [-0.25, -0.2) is 0 Å². The molecule has 0 radical (unpaired) electrons. The fourth-order valence-electron chi connectivity index (χ4n) is 2.39. The topological polar surface area (TPSA) is 101 Å². The molecule has 1 aromatic carbocycles. The van der Waals surface area contributed by atoms with Gasteiger partial charge in [-0.3, -0.25) is 14.9 Å². The van der Waals surface area contributed by atoms with E-state index >= 15 is 0 Å². The van der Waals surface area contributed by atoms with E-state index in [1.54, 1.807) is 6.92 Å². The molecule has 6 nitrogen and oxygen atoms in total. The lowest BCUT2D eigenvalue weighted by Gasteiger charge is -2.38. The number of aryl methyl sites for hydroxylation is 1. The smallest absolute Gasteiger partial charge is 0.314 e. The molecule has 0 atom stereocenters. The second-order valence-electron chi connectivity index (χ2n) is 4.68. The third-order valence-electron chi connectivity index (χ3n) is 3.56. The number of aliphatic carboxylic acids is 1. The van der Waals surface area contributed by atoms with Crippen LogP contribution in [0.2, 0.25) is 0 Å². The molecular weight excluding hydrogens is 238 g/mol. The first-order valence-electron chi connectivity index (χ1n) is 5.60. The maximum absolute atomic E-state index is 11.4. The molecule has 18 heavy (non-hydrogen) atoms. The number of benzene rings is 1. The third kappa shape index (κ3) is 1.61. The quantitative estimate of drug-likeness (QED) is 0.633. The maximum Gasteiger partial charge on any atom is 0.314 e. The third-order valence-corrected chi connectivity index (χ3v) is 3.56. The summed E-state index contributed by atoms with van der Waals surface area (Å²) in [5.74, 6) is -1.56. The Morgan fingerprint density at radius 3 is 2.44 bits per heavy atom. The van der Waals surface area contributed by atoms with E-state index in [9.17, 15) is 25.1 Å². The van der Waals surface area contributed by atoms with Crippen LogP contribution in [0.4, 0.5) is 5.69 Å². The van der Waals surface area contributed by atoms with Gasteiger partial charge in [-0.1, -0.05) is 12.5 Å². The molecule has 0 aliphatic heterocycles. The number of nitrogens with zero attached hydrogens (tertiary/aromatic N) is 1. The van der Waals surface area contributed by atoms with Gasteiger partial charge < -0.3 is 10.2 Å². The van der Waals surface area contributed by atoms with Crippen LogP contribution in [-0.4, -0.2) is 21.1 Å². The van der Waals surface area contributed by atoms with Crippen molar-refractivity contribution >= 4 is 11.7 Å². The molecule has 1 fully saturated rings. The number of hydrogen-bond acceptors (Lipinski definition) is 4. The normalized spacial score (nSPS) is 16.9. The average Bonchev–Trinajstić information content (AvgIpc) is 2.19. The molecule has 0 saturated heterocycles. The second-order valence-corrected chi connectivity index (χ2v) is 4.68. The van der Waals surface area contributed by atoms with Gasteiger partial charge in [-0.2, -0.15) is 0 Å². The first-order chi connectivity index (χ1) is 8.38. The van der Waals surface area contributed by atoms with Crippen molar-refractivity contribution in [3.63, 3.8) is 0 Å². The van der Waals surface area contributed by atoms with Crippen LogP contribution in [0.1, 0.15) is 30.4 Å². The van der Waals surface area contributed by atoms with E-state index in [1.165, 1.54) is 12.1 Å². The second kappa shape index (κ2) is 3.97. The largest absolute Gasteiger partial charge is 0.502 e. The van der Waals surface area contributed by atoms with Gasteiger partial charge in [-0.15, -0.1) is 0 Å². The van der Waals surface area contributed by atoms with Gasteiger partial charge in [-0.05, 0) is 25.3 Å². The van der Waals surface area contributed by atoms with E-state index in [4.69, 9.17) is 0 Å². The van der Waals surface area contributed by atoms with Crippen molar-refractivity contribution in [1.82, 2.24) is 0 Å².